The summed E-state index contributed by atoms with van der Waals surface area (Å²) in [5.41, 5.74) is 0.471. The van der Waals surface area contributed by atoms with Crippen LogP contribution in [0, 0.1) is 0 Å². The van der Waals surface area contributed by atoms with Crippen LogP contribution < -0.4 is 10.1 Å². The Labute approximate surface area is 137 Å². The number of ketones is 1. The first kappa shape index (κ1) is 17.5. The van der Waals surface area contributed by atoms with Crippen LogP contribution in [-0.4, -0.2) is 35.5 Å². The summed E-state index contributed by atoms with van der Waals surface area (Å²) in [4.78, 5) is 24.4. The largest absolute Gasteiger partial charge is 0.487 e. The Kier molecular flexibility index (Phi) is 5.77. The van der Waals surface area contributed by atoms with Gasteiger partial charge in [0.15, 0.2) is 5.78 Å². The molecule has 5 nitrogen and oxygen atoms in total. The summed E-state index contributed by atoms with van der Waals surface area (Å²) in [6.45, 7) is 4.57. The van der Waals surface area contributed by atoms with Crippen LogP contribution in [0.4, 0.5) is 0 Å². The zero-order chi connectivity index (χ0) is 16.9. The molecule has 1 aliphatic heterocycles. The van der Waals surface area contributed by atoms with Crippen molar-refractivity contribution in [3.05, 3.63) is 29.3 Å². The molecule has 0 unspecified atom stereocenters. The predicted molar refractivity (Wildman–Crippen MR) is 88.0 cm³/mol. The number of nitrogens with one attached hydrogen (secondary N) is 1. The van der Waals surface area contributed by atoms with Gasteiger partial charge in [0.25, 0.3) is 5.91 Å². The summed E-state index contributed by atoms with van der Waals surface area (Å²) in [5, 5.41) is 11.6. The highest BCUT2D eigenvalue weighted by Gasteiger charge is 2.32. The smallest absolute Gasteiger partial charge is 0.251 e. The van der Waals surface area contributed by atoms with Crippen molar-refractivity contribution in [2.24, 2.45) is 0 Å². The number of carbonyl (C=O) groups excluding carboxylic acids is 2. The van der Waals surface area contributed by atoms with Crippen LogP contribution in [0.1, 0.15) is 66.7 Å². The second kappa shape index (κ2) is 7.59. The molecule has 1 aliphatic rings. The normalized spacial score (nSPS) is 15.7. The molecule has 0 fully saturated rings. The minimum absolute atomic E-state index is 0.00917. The number of rotatable bonds is 7. The first-order chi connectivity index (χ1) is 10.9. The highest BCUT2D eigenvalue weighted by Crippen LogP contribution is 2.33. The number of unbranched alkanes of at least 4 members (excludes halogenated alkanes) is 3. The van der Waals surface area contributed by atoms with Crippen LogP contribution in [0.5, 0.6) is 5.75 Å². The number of benzene rings is 1. The Balaban J connectivity index is 1.93. The standard InChI is InChI=1S/C18H25NO4/c1-18(2)12-15(21)14-11-13(7-8-16(14)23-18)17(22)19-9-5-3-4-6-10-20/h7-8,11,20H,3-6,9-10,12H2,1-2H3,(H,19,22). The number of aliphatic hydroxyl groups excluding tert-OH is 1. The highest BCUT2D eigenvalue weighted by molar-refractivity contribution is 6.03. The van der Waals surface area contributed by atoms with E-state index in [9.17, 15) is 9.59 Å². The molecule has 0 spiro atoms. The molecule has 0 radical (unpaired) electrons. The molecule has 1 aromatic carbocycles. The summed E-state index contributed by atoms with van der Waals surface area (Å²) in [6.07, 6.45) is 3.94. The second-order valence-corrected chi connectivity index (χ2v) is 6.57. The van der Waals surface area contributed by atoms with Crippen molar-refractivity contribution in [1.82, 2.24) is 5.32 Å². The van der Waals surface area contributed by atoms with Crippen molar-refractivity contribution < 1.29 is 19.4 Å². The number of carbonyl (C=O) groups is 2. The van der Waals surface area contributed by atoms with Crippen LogP contribution in [0.25, 0.3) is 0 Å². The summed E-state index contributed by atoms with van der Waals surface area (Å²) in [7, 11) is 0. The highest BCUT2D eigenvalue weighted by atomic mass is 16.5. The minimum atomic E-state index is -0.498. The first-order valence-corrected chi connectivity index (χ1v) is 8.18. The van der Waals surface area contributed by atoms with Crippen molar-refractivity contribution in [1.29, 1.82) is 0 Å². The van der Waals surface area contributed by atoms with Crippen LogP contribution in [0.3, 0.4) is 0 Å². The van der Waals surface area contributed by atoms with E-state index < -0.39 is 5.60 Å². The molecule has 2 rings (SSSR count). The summed E-state index contributed by atoms with van der Waals surface area (Å²) in [5.74, 6) is 0.384. The molecule has 0 bridgehead atoms. The van der Waals surface area contributed by atoms with E-state index in [0.717, 1.165) is 25.7 Å². The number of hydrogen-bond donors (Lipinski definition) is 2. The lowest BCUT2D eigenvalue weighted by molar-refractivity contribution is 0.0620. The Morgan fingerprint density at radius 2 is 2.00 bits per heavy atom. The fourth-order valence-corrected chi connectivity index (χ4v) is 2.69. The monoisotopic (exact) mass is 319 g/mol. The van der Waals surface area contributed by atoms with Crippen molar-refractivity contribution in [2.45, 2.75) is 51.6 Å². The van der Waals surface area contributed by atoms with Crippen LogP contribution >= 0.6 is 0 Å². The predicted octanol–water partition coefficient (Wildman–Crippen LogP) is 2.71. The Morgan fingerprint density at radius 3 is 2.74 bits per heavy atom. The van der Waals surface area contributed by atoms with Gasteiger partial charge >= 0.3 is 0 Å². The van der Waals surface area contributed by atoms with Gasteiger partial charge in [-0.25, -0.2) is 0 Å². The molecule has 1 amide bonds. The molecule has 0 saturated carbocycles. The van der Waals surface area contributed by atoms with E-state index in [1.165, 1.54) is 0 Å². The van der Waals surface area contributed by atoms with Gasteiger partial charge in [0, 0.05) is 18.7 Å². The number of fused-ring (bicyclic) bond motifs is 1. The number of aliphatic hydroxyl groups is 1. The minimum Gasteiger partial charge on any atom is -0.487 e. The number of hydrogen-bond acceptors (Lipinski definition) is 4. The molecular weight excluding hydrogens is 294 g/mol. The molecule has 23 heavy (non-hydrogen) atoms. The molecule has 126 valence electrons. The molecule has 0 saturated heterocycles. The molecule has 0 aliphatic carbocycles. The van der Waals surface area contributed by atoms with Gasteiger partial charge in [0.2, 0.25) is 0 Å². The van der Waals surface area contributed by atoms with Gasteiger partial charge in [-0.15, -0.1) is 0 Å². The SMILES string of the molecule is CC1(C)CC(=O)c2cc(C(=O)NCCCCCCO)ccc2O1. The molecule has 2 N–H and O–H groups in total. The maximum absolute atomic E-state index is 12.2. The lowest BCUT2D eigenvalue weighted by Gasteiger charge is -2.31. The quantitative estimate of drug-likeness (QED) is 0.758. The van der Waals surface area contributed by atoms with E-state index in [4.69, 9.17) is 9.84 Å². The summed E-state index contributed by atoms with van der Waals surface area (Å²) in [6, 6.07) is 5.01. The average molecular weight is 319 g/mol. The molecule has 5 heteroatoms. The zero-order valence-electron chi connectivity index (χ0n) is 13.9. The molecular formula is C18H25NO4. The number of Topliss-reactive ketones (excluding diaryl/α,β-unsaturated/α-hetero) is 1. The van der Waals surface area contributed by atoms with E-state index in [0.29, 0.717) is 29.8 Å². The fourth-order valence-electron chi connectivity index (χ4n) is 2.69. The summed E-state index contributed by atoms with van der Waals surface area (Å²) >= 11 is 0. The van der Waals surface area contributed by atoms with Crippen LogP contribution in [0.2, 0.25) is 0 Å². The van der Waals surface area contributed by atoms with E-state index in [1.54, 1.807) is 18.2 Å². The first-order valence-electron chi connectivity index (χ1n) is 8.18. The van der Waals surface area contributed by atoms with E-state index >= 15 is 0 Å². The van der Waals surface area contributed by atoms with Crippen molar-refractivity contribution >= 4 is 11.7 Å². The third kappa shape index (κ3) is 4.79. The third-order valence-electron chi connectivity index (χ3n) is 3.89. The third-order valence-corrected chi connectivity index (χ3v) is 3.89. The molecule has 1 aromatic rings. The van der Waals surface area contributed by atoms with Crippen LogP contribution in [0.15, 0.2) is 18.2 Å². The Morgan fingerprint density at radius 1 is 1.26 bits per heavy atom. The van der Waals surface area contributed by atoms with E-state index in [1.807, 2.05) is 13.8 Å². The van der Waals surface area contributed by atoms with E-state index in [2.05, 4.69) is 5.32 Å². The number of amides is 1. The Bertz CT molecular complexity index is 580. The lowest BCUT2D eigenvalue weighted by Crippen LogP contribution is -2.36. The van der Waals surface area contributed by atoms with Gasteiger partial charge in [-0.2, -0.15) is 0 Å². The zero-order valence-corrected chi connectivity index (χ0v) is 13.9. The van der Waals surface area contributed by atoms with Gasteiger partial charge < -0.3 is 15.2 Å². The fraction of sp³-hybridized carbons (Fsp3) is 0.556. The van der Waals surface area contributed by atoms with Crippen LogP contribution in [-0.2, 0) is 0 Å². The molecule has 1 heterocycles. The van der Waals surface area contributed by atoms with Gasteiger partial charge in [-0.1, -0.05) is 12.8 Å². The lowest BCUT2D eigenvalue weighted by atomic mass is 9.92. The van der Waals surface area contributed by atoms with E-state index in [-0.39, 0.29) is 18.3 Å². The van der Waals surface area contributed by atoms with Crippen molar-refractivity contribution in [3.8, 4) is 5.75 Å². The Hall–Kier alpha value is -1.88. The van der Waals surface area contributed by atoms with Gasteiger partial charge in [-0.05, 0) is 44.9 Å². The summed E-state index contributed by atoms with van der Waals surface area (Å²) < 4.78 is 5.79. The number of ether oxygens (including phenoxy) is 1. The molecule has 0 aromatic heterocycles. The topological polar surface area (TPSA) is 75.6 Å². The second-order valence-electron chi connectivity index (χ2n) is 6.57. The maximum atomic E-state index is 12.2. The average Bonchev–Trinajstić information content (AvgIpc) is 2.49. The van der Waals surface area contributed by atoms with Gasteiger partial charge in [0.05, 0.1) is 12.0 Å². The van der Waals surface area contributed by atoms with Crippen molar-refractivity contribution in [3.63, 3.8) is 0 Å². The maximum Gasteiger partial charge on any atom is 0.251 e. The molecule has 0 atom stereocenters. The van der Waals surface area contributed by atoms with Gasteiger partial charge in [-0.3, -0.25) is 9.59 Å². The van der Waals surface area contributed by atoms with Crippen molar-refractivity contribution in [2.75, 3.05) is 13.2 Å². The van der Waals surface area contributed by atoms with Gasteiger partial charge in [0.1, 0.15) is 11.4 Å².